The minimum absolute atomic E-state index is 0.0114. The van der Waals surface area contributed by atoms with Crippen molar-refractivity contribution in [3.8, 4) is 0 Å². The Morgan fingerprint density at radius 1 is 1.25 bits per heavy atom. The number of benzene rings is 2. The Labute approximate surface area is 128 Å². The van der Waals surface area contributed by atoms with Crippen molar-refractivity contribution in [1.82, 2.24) is 0 Å². The summed E-state index contributed by atoms with van der Waals surface area (Å²) < 4.78 is 40.7. The Morgan fingerprint density at radius 2 is 1.85 bits per heavy atom. The van der Waals surface area contributed by atoms with Gasteiger partial charge in [-0.3, -0.25) is 4.72 Å². The van der Waals surface area contributed by atoms with Gasteiger partial charge in [-0.15, -0.1) is 0 Å². The lowest BCUT2D eigenvalue weighted by molar-refractivity contribution is 0.572. The summed E-state index contributed by atoms with van der Waals surface area (Å²) in [5.41, 5.74) is 5.43. The predicted molar refractivity (Wildman–Crippen MR) is 80.8 cm³/mol. The van der Waals surface area contributed by atoms with Crippen LogP contribution in [0.2, 0.25) is 5.02 Å². The number of halogens is 3. The third-order valence-electron chi connectivity index (χ3n) is 2.47. The molecule has 0 unspecified atom stereocenters. The van der Waals surface area contributed by atoms with E-state index in [2.05, 4.69) is 20.7 Å². The fourth-order valence-electron chi connectivity index (χ4n) is 1.51. The molecule has 2 aromatic carbocycles. The van der Waals surface area contributed by atoms with Gasteiger partial charge in [0.1, 0.15) is 4.90 Å². The van der Waals surface area contributed by atoms with Gasteiger partial charge in [-0.05, 0) is 34.1 Å². The van der Waals surface area contributed by atoms with Crippen molar-refractivity contribution in [2.24, 2.45) is 0 Å². The van der Waals surface area contributed by atoms with Crippen LogP contribution < -0.4 is 10.5 Å². The van der Waals surface area contributed by atoms with Crippen molar-refractivity contribution >= 4 is 48.9 Å². The van der Waals surface area contributed by atoms with E-state index in [1.165, 1.54) is 0 Å². The fraction of sp³-hybridized carbons (Fsp3) is 0. The van der Waals surface area contributed by atoms with Gasteiger partial charge in [0.25, 0.3) is 10.0 Å². The summed E-state index contributed by atoms with van der Waals surface area (Å²) in [5, 5.41) is 0.0114. The first kappa shape index (κ1) is 15.1. The van der Waals surface area contributed by atoms with E-state index in [4.69, 9.17) is 17.3 Å². The molecule has 0 atom stereocenters. The molecular formula is C12H9BrClFN2O2S. The van der Waals surface area contributed by atoms with Crippen LogP contribution in [-0.2, 0) is 10.0 Å². The van der Waals surface area contributed by atoms with Crippen LogP contribution in [0.25, 0.3) is 0 Å². The maximum Gasteiger partial charge on any atom is 0.264 e. The molecule has 0 saturated carbocycles. The molecule has 8 heteroatoms. The molecular weight excluding hydrogens is 371 g/mol. The summed E-state index contributed by atoms with van der Waals surface area (Å²) >= 11 is 8.80. The van der Waals surface area contributed by atoms with Gasteiger partial charge in [0, 0.05) is 5.69 Å². The first-order chi connectivity index (χ1) is 9.33. The lowest BCUT2D eigenvalue weighted by Crippen LogP contribution is -2.15. The van der Waals surface area contributed by atoms with E-state index in [-0.39, 0.29) is 15.2 Å². The predicted octanol–water partition coefficient (Wildman–Crippen LogP) is 3.62. The van der Waals surface area contributed by atoms with E-state index >= 15 is 0 Å². The number of nitrogens with two attached hydrogens (primary N) is 1. The molecule has 2 rings (SSSR count). The van der Waals surface area contributed by atoms with Crippen LogP contribution in [0.15, 0.2) is 45.8 Å². The van der Waals surface area contributed by atoms with Gasteiger partial charge < -0.3 is 5.73 Å². The van der Waals surface area contributed by atoms with Crippen molar-refractivity contribution in [2.45, 2.75) is 4.90 Å². The summed E-state index contributed by atoms with van der Waals surface area (Å²) in [6.45, 7) is 0. The van der Waals surface area contributed by atoms with Crippen LogP contribution in [0.5, 0.6) is 0 Å². The molecule has 0 saturated heterocycles. The average molecular weight is 380 g/mol. The quantitative estimate of drug-likeness (QED) is 0.632. The minimum Gasteiger partial charge on any atom is -0.395 e. The summed E-state index contributed by atoms with van der Waals surface area (Å²) in [6, 6.07) is 9.11. The van der Waals surface area contributed by atoms with Crippen LogP contribution in [0.1, 0.15) is 0 Å². The Kier molecular flexibility index (Phi) is 4.22. The number of anilines is 2. The highest BCUT2D eigenvalue weighted by Gasteiger charge is 2.24. The Bertz CT molecular complexity index is 754. The molecule has 0 aliphatic rings. The number of para-hydroxylation sites is 1. The van der Waals surface area contributed by atoms with E-state index in [1.807, 2.05) is 0 Å². The SMILES string of the molecule is Nc1c(F)c(S(=O)(=O)Nc2ccccc2)cc(Cl)c1Br. The molecule has 20 heavy (non-hydrogen) atoms. The number of nitrogen functional groups attached to an aromatic ring is 1. The summed E-state index contributed by atoms with van der Waals surface area (Å²) in [6.07, 6.45) is 0. The summed E-state index contributed by atoms with van der Waals surface area (Å²) in [7, 11) is -4.12. The molecule has 4 nitrogen and oxygen atoms in total. The summed E-state index contributed by atoms with van der Waals surface area (Å²) in [4.78, 5) is -0.605. The molecule has 0 amide bonds. The number of rotatable bonds is 3. The maximum atomic E-state index is 14.0. The van der Waals surface area contributed by atoms with Crippen LogP contribution in [0.4, 0.5) is 15.8 Å². The summed E-state index contributed by atoms with van der Waals surface area (Å²) in [5.74, 6) is -1.05. The Hall–Kier alpha value is -1.31. The van der Waals surface area contributed by atoms with E-state index in [0.717, 1.165) is 6.07 Å². The van der Waals surface area contributed by atoms with Crippen LogP contribution in [0.3, 0.4) is 0 Å². The zero-order valence-electron chi connectivity index (χ0n) is 9.90. The molecule has 0 aromatic heterocycles. The van der Waals surface area contributed by atoms with Gasteiger partial charge in [-0.2, -0.15) is 0 Å². The van der Waals surface area contributed by atoms with Crippen molar-refractivity contribution in [1.29, 1.82) is 0 Å². The molecule has 0 radical (unpaired) electrons. The molecule has 0 aliphatic heterocycles. The first-order valence-electron chi connectivity index (χ1n) is 5.34. The van der Waals surface area contributed by atoms with Crippen molar-refractivity contribution in [2.75, 3.05) is 10.5 Å². The fourth-order valence-corrected chi connectivity index (χ4v) is 3.25. The third-order valence-corrected chi connectivity index (χ3v) is 5.23. The smallest absolute Gasteiger partial charge is 0.264 e. The Morgan fingerprint density at radius 3 is 2.45 bits per heavy atom. The maximum absolute atomic E-state index is 14.0. The zero-order valence-corrected chi connectivity index (χ0v) is 13.1. The largest absolute Gasteiger partial charge is 0.395 e. The zero-order chi connectivity index (χ0) is 14.9. The first-order valence-corrected chi connectivity index (χ1v) is 7.99. The highest BCUT2D eigenvalue weighted by Crippen LogP contribution is 2.35. The lowest BCUT2D eigenvalue weighted by Gasteiger charge is -2.11. The van der Waals surface area contributed by atoms with Crippen LogP contribution in [-0.4, -0.2) is 8.42 Å². The monoisotopic (exact) mass is 378 g/mol. The van der Waals surface area contributed by atoms with Crippen LogP contribution >= 0.6 is 27.5 Å². The normalized spacial score (nSPS) is 11.3. The van der Waals surface area contributed by atoms with Crippen molar-refractivity contribution < 1.29 is 12.8 Å². The highest BCUT2D eigenvalue weighted by molar-refractivity contribution is 9.10. The number of hydrogen-bond donors (Lipinski definition) is 2. The molecule has 106 valence electrons. The second-order valence-corrected chi connectivity index (χ2v) is 6.72. The molecule has 3 N–H and O–H groups in total. The number of sulfonamides is 1. The second-order valence-electron chi connectivity index (χ2n) is 3.87. The Balaban J connectivity index is 2.51. The van der Waals surface area contributed by atoms with E-state index < -0.39 is 20.7 Å². The minimum atomic E-state index is -4.12. The standard InChI is InChI=1S/C12H9BrClFN2O2S/c13-10-8(14)6-9(11(15)12(10)16)20(18,19)17-7-4-2-1-3-5-7/h1-6,17H,16H2. The molecule has 0 spiro atoms. The van der Waals surface area contributed by atoms with Crippen molar-refractivity contribution in [3.05, 3.63) is 51.7 Å². The van der Waals surface area contributed by atoms with E-state index in [1.54, 1.807) is 30.3 Å². The topological polar surface area (TPSA) is 72.2 Å². The van der Waals surface area contributed by atoms with Gasteiger partial charge in [0.15, 0.2) is 5.82 Å². The van der Waals surface area contributed by atoms with Gasteiger partial charge in [0.2, 0.25) is 0 Å². The van der Waals surface area contributed by atoms with E-state index in [0.29, 0.717) is 5.69 Å². The highest BCUT2D eigenvalue weighted by atomic mass is 79.9. The van der Waals surface area contributed by atoms with Crippen molar-refractivity contribution in [3.63, 3.8) is 0 Å². The molecule has 0 fully saturated rings. The molecule has 2 aromatic rings. The van der Waals surface area contributed by atoms with Gasteiger partial charge in [-0.25, -0.2) is 12.8 Å². The van der Waals surface area contributed by atoms with Crippen LogP contribution in [0, 0.1) is 5.82 Å². The molecule has 0 aliphatic carbocycles. The van der Waals surface area contributed by atoms with Gasteiger partial charge >= 0.3 is 0 Å². The number of nitrogens with one attached hydrogen (secondary N) is 1. The second kappa shape index (κ2) is 5.59. The third kappa shape index (κ3) is 2.89. The van der Waals surface area contributed by atoms with E-state index in [9.17, 15) is 12.8 Å². The van der Waals surface area contributed by atoms with Gasteiger partial charge in [-0.1, -0.05) is 29.8 Å². The average Bonchev–Trinajstić information content (AvgIpc) is 2.41. The lowest BCUT2D eigenvalue weighted by atomic mass is 10.3. The molecule has 0 bridgehead atoms. The number of hydrogen-bond acceptors (Lipinski definition) is 3. The molecule has 0 heterocycles. The van der Waals surface area contributed by atoms with Gasteiger partial charge in [0.05, 0.1) is 15.2 Å².